The smallest absolute Gasteiger partial charge is 0.166 e. The molecule has 1 unspecified atom stereocenters. The number of rotatable bonds is 6. The summed E-state index contributed by atoms with van der Waals surface area (Å²) in [6.07, 6.45) is 10.3. The number of benzene rings is 2. The second kappa shape index (κ2) is 8.62. The van der Waals surface area contributed by atoms with Crippen LogP contribution in [0.3, 0.4) is 0 Å². The zero-order valence-corrected chi connectivity index (χ0v) is 15.8. The molecule has 0 fully saturated rings. The molecule has 0 nitrogen and oxygen atoms in total. The molecule has 138 valence electrons. The summed E-state index contributed by atoms with van der Waals surface area (Å²) in [5.74, 6) is -0.637. The van der Waals surface area contributed by atoms with Crippen molar-refractivity contribution >= 4 is 5.57 Å². The molecular formula is C24H28F2. The number of hydrogen-bond donors (Lipinski definition) is 0. The van der Waals surface area contributed by atoms with Crippen LogP contribution in [-0.4, -0.2) is 0 Å². The van der Waals surface area contributed by atoms with Crippen LogP contribution in [0.4, 0.5) is 8.78 Å². The molecule has 0 spiro atoms. The van der Waals surface area contributed by atoms with Crippen molar-refractivity contribution in [3.63, 3.8) is 0 Å². The molecular weight excluding hydrogens is 326 g/mol. The van der Waals surface area contributed by atoms with E-state index in [1.165, 1.54) is 36.8 Å². The van der Waals surface area contributed by atoms with Crippen molar-refractivity contribution < 1.29 is 8.78 Å². The lowest BCUT2D eigenvalue weighted by atomic mass is 9.84. The van der Waals surface area contributed by atoms with Crippen molar-refractivity contribution in [2.24, 2.45) is 5.92 Å². The van der Waals surface area contributed by atoms with E-state index in [9.17, 15) is 8.78 Å². The Balaban J connectivity index is 1.76. The Morgan fingerprint density at radius 2 is 1.65 bits per heavy atom. The van der Waals surface area contributed by atoms with Gasteiger partial charge in [0.15, 0.2) is 11.6 Å². The summed E-state index contributed by atoms with van der Waals surface area (Å²) < 4.78 is 28.4. The molecule has 0 N–H and O–H groups in total. The van der Waals surface area contributed by atoms with Crippen molar-refractivity contribution in [3.8, 4) is 11.1 Å². The Kier molecular flexibility index (Phi) is 6.24. The van der Waals surface area contributed by atoms with E-state index in [0.717, 1.165) is 24.3 Å². The van der Waals surface area contributed by atoms with Gasteiger partial charge in [0.25, 0.3) is 0 Å². The van der Waals surface area contributed by atoms with Crippen LogP contribution in [0.5, 0.6) is 0 Å². The normalized spacial score (nSPS) is 17.2. The van der Waals surface area contributed by atoms with Gasteiger partial charge in [-0.05, 0) is 53.9 Å². The van der Waals surface area contributed by atoms with Crippen LogP contribution in [0.15, 0.2) is 42.5 Å². The number of unbranched alkanes of at least 4 members (excludes halogenated alkanes) is 1. The molecule has 0 heterocycles. The van der Waals surface area contributed by atoms with Crippen LogP contribution in [0.1, 0.15) is 63.5 Å². The van der Waals surface area contributed by atoms with Gasteiger partial charge >= 0.3 is 0 Å². The maximum absolute atomic E-state index is 14.3. The van der Waals surface area contributed by atoms with Crippen molar-refractivity contribution in [2.45, 2.75) is 58.8 Å². The fraction of sp³-hybridized carbons (Fsp3) is 0.417. The van der Waals surface area contributed by atoms with Gasteiger partial charge in [0.2, 0.25) is 0 Å². The maximum Gasteiger partial charge on any atom is 0.166 e. The van der Waals surface area contributed by atoms with Gasteiger partial charge < -0.3 is 0 Å². The molecule has 2 heteroatoms. The lowest BCUT2D eigenvalue weighted by Crippen LogP contribution is -2.05. The summed E-state index contributed by atoms with van der Waals surface area (Å²) in [7, 11) is 0. The Morgan fingerprint density at radius 1 is 0.923 bits per heavy atom. The molecule has 1 aliphatic rings. The van der Waals surface area contributed by atoms with Crippen molar-refractivity contribution in [3.05, 3.63) is 65.2 Å². The molecule has 0 saturated carbocycles. The zero-order chi connectivity index (χ0) is 18.5. The first-order chi connectivity index (χ1) is 12.6. The van der Waals surface area contributed by atoms with Gasteiger partial charge in [0, 0.05) is 5.56 Å². The van der Waals surface area contributed by atoms with E-state index in [2.05, 4.69) is 13.0 Å². The van der Waals surface area contributed by atoms with Crippen LogP contribution in [0.2, 0.25) is 0 Å². The number of halogens is 2. The largest absolute Gasteiger partial charge is 0.203 e. The highest BCUT2D eigenvalue weighted by atomic mass is 19.2. The fourth-order valence-electron chi connectivity index (χ4n) is 3.85. The number of aryl methyl sites for hydroxylation is 1. The second-order valence-electron chi connectivity index (χ2n) is 7.34. The van der Waals surface area contributed by atoms with Gasteiger partial charge in [-0.25, -0.2) is 8.78 Å². The third-order valence-electron chi connectivity index (χ3n) is 5.60. The first-order valence-electron chi connectivity index (χ1n) is 9.90. The molecule has 1 atom stereocenters. The van der Waals surface area contributed by atoms with Crippen LogP contribution in [0.25, 0.3) is 16.7 Å². The van der Waals surface area contributed by atoms with E-state index in [4.69, 9.17) is 0 Å². The average Bonchev–Trinajstić information content (AvgIpc) is 2.69. The fourth-order valence-corrected chi connectivity index (χ4v) is 3.85. The van der Waals surface area contributed by atoms with Gasteiger partial charge in [-0.2, -0.15) is 0 Å². The topological polar surface area (TPSA) is 0 Å². The molecule has 1 aliphatic carbocycles. The Morgan fingerprint density at radius 3 is 2.27 bits per heavy atom. The zero-order valence-electron chi connectivity index (χ0n) is 15.8. The summed E-state index contributed by atoms with van der Waals surface area (Å²) >= 11 is 0. The molecule has 0 saturated heterocycles. The highest BCUT2D eigenvalue weighted by Crippen LogP contribution is 2.34. The molecule has 2 aromatic rings. The monoisotopic (exact) mass is 354 g/mol. The minimum Gasteiger partial charge on any atom is -0.203 e. The standard InChI is InChI=1S/C24H28F2/c1-3-5-6-17-7-9-19(10-8-17)20-11-13-21(14-12-20)22-16-15-18(4-2)23(25)24(22)26/h9,11-17H,3-8,10H2,1-2H3. The van der Waals surface area contributed by atoms with Gasteiger partial charge in [0.05, 0.1) is 0 Å². The maximum atomic E-state index is 14.3. The molecule has 3 rings (SSSR count). The predicted octanol–water partition coefficient (Wildman–Crippen LogP) is 7.57. The number of allylic oxidation sites excluding steroid dienone is 2. The van der Waals surface area contributed by atoms with E-state index >= 15 is 0 Å². The van der Waals surface area contributed by atoms with Crippen LogP contribution >= 0.6 is 0 Å². The average molecular weight is 354 g/mol. The van der Waals surface area contributed by atoms with Crippen molar-refractivity contribution in [1.29, 1.82) is 0 Å². The lowest BCUT2D eigenvalue weighted by Gasteiger charge is -2.22. The highest BCUT2D eigenvalue weighted by Gasteiger charge is 2.16. The SMILES string of the molecule is CCCCC1CC=C(c2ccc(-c3ccc(CC)c(F)c3F)cc2)CC1. The third kappa shape index (κ3) is 4.06. The second-order valence-corrected chi connectivity index (χ2v) is 7.34. The Bertz CT molecular complexity index is 772. The van der Waals surface area contributed by atoms with Gasteiger partial charge in [-0.15, -0.1) is 0 Å². The molecule has 0 aromatic heterocycles. The van der Waals surface area contributed by atoms with Gasteiger partial charge in [-0.3, -0.25) is 0 Å². The first kappa shape index (κ1) is 18.8. The quantitative estimate of drug-likeness (QED) is 0.502. The lowest BCUT2D eigenvalue weighted by molar-refractivity contribution is 0.434. The summed E-state index contributed by atoms with van der Waals surface area (Å²) in [4.78, 5) is 0. The van der Waals surface area contributed by atoms with E-state index < -0.39 is 11.6 Å². The highest BCUT2D eigenvalue weighted by molar-refractivity contribution is 5.71. The molecule has 26 heavy (non-hydrogen) atoms. The molecule has 0 aliphatic heterocycles. The molecule has 0 amide bonds. The van der Waals surface area contributed by atoms with Crippen LogP contribution < -0.4 is 0 Å². The van der Waals surface area contributed by atoms with E-state index in [1.54, 1.807) is 12.1 Å². The van der Waals surface area contributed by atoms with E-state index in [0.29, 0.717) is 17.5 Å². The van der Waals surface area contributed by atoms with Gasteiger partial charge in [-0.1, -0.05) is 75.6 Å². The van der Waals surface area contributed by atoms with Crippen molar-refractivity contribution in [2.75, 3.05) is 0 Å². The third-order valence-corrected chi connectivity index (χ3v) is 5.60. The first-order valence-corrected chi connectivity index (χ1v) is 9.90. The minimum absolute atomic E-state index is 0.337. The summed E-state index contributed by atoms with van der Waals surface area (Å²) in [5, 5.41) is 0. The van der Waals surface area contributed by atoms with Crippen molar-refractivity contribution in [1.82, 2.24) is 0 Å². The van der Waals surface area contributed by atoms with Crippen LogP contribution in [-0.2, 0) is 6.42 Å². The summed E-state index contributed by atoms with van der Waals surface area (Å²) in [6, 6.07) is 11.3. The Hall–Kier alpha value is -1.96. The summed E-state index contributed by atoms with van der Waals surface area (Å²) in [6.45, 7) is 4.08. The van der Waals surface area contributed by atoms with E-state index in [1.807, 2.05) is 31.2 Å². The number of hydrogen-bond acceptors (Lipinski definition) is 0. The van der Waals surface area contributed by atoms with E-state index in [-0.39, 0.29) is 0 Å². The molecule has 0 bridgehead atoms. The molecule has 2 aromatic carbocycles. The Labute approximate surface area is 156 Å². The van der Waals surface area contributed by atoms with Gasteiger partial charge in [0.1, 0.15) is 0 Å². The van der Waals surface area contributed by atoms with Crippen LogP contribution in [0, 0.1) is 17.6 Å². The summed E-state index contributed by atoms with van der Waals surface area (Å²) in [5.41, 5.74) is 4.08. The predicted molar refractivity (Wildman–Crippen MR) is 106 cm³/mol. The minimum atomic E-state index is -0.743. The molecule has 0 radical (unpaired) electrons.